The Labute approximate surface area is 263 Å². The molecule has 0 bridgehead atoms. The molecule has 0 aromatic heterocycles. The normalized spacial score (nSPS) is 11.7. The molecule has 220 valence electrons. The van der Waals surface area contributed by atoms with Gasteiger partial charge in [0, 0.05) is 37.9 Å². The van der Waals surface area contributed by atoms with Gasteiger partial charge in [-0.3, -0.25) is 14.4 Å². The predicted octanol–water partition coefficient (Wildman–Crippen LogP) is 7.00. The van der Waals surface area contributed by atoms with Crippen molar-refractivity contribution >= 4 is 62.9 Å². The predicted molar refractivity (Wildman–Crippen MR) is 175 cm³/mol. The van der Waals surface area contributed by atoms with Crippen molar-refractivity contribution in [2.45, 2.75) is 17.1 Å². The number of carbonyl (C=O) groups is 3. The Balaban J connectivity index is 1.48. The molecule has 4 aromatic rings. The Morgan fingerprint density at radius 2 is 1.47 bits per heavy atom. The SMILES string of the molecule is COc1ccc(/C=C(\NC(=O)c2ccccc2)C(=O)Nc2ccc(SC(C)C(=O)Nc3ccc(Br)cc3)cc2)c(OC)c1. The lowest BCUT2D eigenvalue weighted by Gasteiger charge is -2.14. The van der Waals surface area contributed by atoms with Crippen molar-refractivity contribution in [2.75, 3.05) is 24.9 Å². The number of hydrogen-bond donors (Lipinski definition) is 3. The highest BCUT2D eigenvalue weighted by molar-refractivity contribution is 9.10. The van der Waals surface area contributed by atoms with Gasteiger partial charge in [-0.05, 0) is 85.8 Å². The number of amides is 3. The highest BCUT2D eigenvalue weighted by Gasteiger charge is 2.18. The summed E-state index contributed by atoms with van der Waals surface area (Å²) in [5.41, 5.74) is 2.23. The summed E-state index contributed by atoms with van der Waals surface area (Å²) in [6, 6.07) is 28.3. The first-order valence-corrected chi connectivity index (χ1v) is 14.9. The average Bonchev–Trinajstić information content (AvgIpc) is 3.03. The molecule has 0 saturated heterocycles. The van der Waals surface area contributed by atoms with E-state index in [-0.39, 0.29) is 16.9 Å². The van der Waals surface area contributed by atoms with Crippen LogP contribution in [0.5, 0.6) is 11.5 Å². The van der Waals surface area contributed by atoms with Crippen LogP contribution in [-0.2, 0) is 9.59 Å². The lowest BCUT2D eigenvalue weighted by molar-refractivity contribution is -0.115. The largest absolute Gasteiger partial charge is 0.497 e. The minimum Gasteiger partial charge on any atom is -0.497 e. The minimum atomic E-state index is -0.523. The van der Waals surface area contributed by atoms with Gasteiger partial charge >= 0.3 is 0 Å². The van der Waals surface area contributed by atoms with E-state index >= 15 is 0 Å². The lowest BCUT2D eigenvalue weighted by Crippen LogP contribution is -2.30. The summed E-state index contributed by atoms with van der Waals surface area (Å²) in [6.07, 6.45) is 1.55. The first-order valence-electron chi connectivity index (χ1n) is 13.2. The summed E-state index contributed by atoms with van der Waals surface area (Å²) in [4.78, 5) is 39.9. The third kappa shape index (κ3) is 8.97. The van der Waals surface area contributed by atoms with Crippen LogP contribution in [0.25, 0.3) is 6.08 Å². The monoisotopic (exact) mass is 659 g/mol. The molecule has 1 unspecified atom stereocenters. The van der Waals surface area contributed by atoms with Gasteiger partial charge in [-0.25, -0.2) is 0 Å². The summed E-state index contributed by atoms with van der Waals surface area (Å²) >= 11 is 4.78. The molecule has 4 rings (SSSR count). The van der Waals surface area contributed by atoms with Gasteiger partial charge in [-0.2, -0.15) is 0 Å². The van der Waals surface area contributed by atoms with Crippen molar-refractivity contribution in [1.29, 1.82) is 0 Å². The molecule has 10 heteroatoms. The van der Waals surface area contributed by atoms with Crippen molar-refractivity contribution in [3.63, 3.8) is 0 Å². The van der Waals surface area contributed by atoms with Crippen LogP contribution in [0.3, 0.4) is 0 Å². The fourth-order valence-corrected chi connectivity index (χ4v) is 5.02. The van der Waals surface area contributed by atoms with Gasteiger partial charge in [0.25, 0.3) is 11.8 Å². The number of rotatable bonds is 11. The number of ether oxygens (including phenoxy) is 2. The number of benzene rings is 4. The van der Waals surface area contributed by atoms with Gasteiger partial charge in [0.2, 0.25) is 5.91 Å². The molecule has 0 aliphatic heterocycles. The van der Waals surface area contributed by atoms with Crippen LogP contribution in [0.15, 0.2) is 112 Å². The molecule has 3 N–H and O–H groups in total. The topological polar surface area (TPSA) is 106 Å². The van der Waals surface area contributed by atoms with Gasteiger partial charge in [0.05, 0.1) is 19.5 Å². The molecule has 0 fully saturated rings. The van der Waals surface area contributed by atoms with Crippen molar-refractivity contribution in [2.24, 2.45) is 0 Å². The van der Waals surface area contributed by atoms with E-state index in [0.717, 1.165) is 9.37 Å². The second-order valence-corrected chi connectivity index (χ2v) is 11.6. The highest BCUT2D eigenvalue weighted by Crippen LogP contribution is 2.28. The fourth-order valence-electron chi connectivity index (χ4n) is 3.89. The zero-order chi connectivity index (χ0) is 30.8. The molecule has 4 aromatic carbocycles. The van der Waals surface area contributed by atoms with E-state index in [1.54, 1.807) is 73.8 Å². The number of hydrogen-bond acceptors (Lipinski definition) is 6. The van der Waals surface area contributed by atoms with E-state index in [9.17, 15) is 14.4 Å². The van der Waals surface area contributed by atoms with E-state index in [2.05, 4.69) is 31.9 Å². The van der Waals surface area contributed by atoms with Crippen molar-refractivity contribution in [1.82, 2.24) is 5.32 Å². The van der Waals surface area contributed by atoms with Crippen molar-refractivity contribution in [3.8, 4) is 11.5 Å². The Morgan fingerprint density at radius 1 is 0.814 bits per heavy atom. The number of anilines is 2. The van der Waals surface area contributed by atoms with Crippen LogP contribution in [0.2, 0.25) is 0 Å². The lowest BCUT2D eigenvalue weighted by atomic mass is 10.1. The fraction of sp³-hybridized carbons (Fsp3) is 0.121. The first-order chi connectivity index (χ1) is 20.7. The number of nitrogens with one attached hydrogen (secondary N) is 3. The molecular formula is C33H30BrN3O5S. The van der Waals surface area contributed by atoms with Crippen LogP contribution in [0.1, 0.15) is 22.8 Å². The third-order valence-corrected chi connectivity index (χ3v) is 7.82. The standard InChI is InChI=1S/C33H30BrN3O5S/c1-21(31(38)35-25-12-10-24(34)11-13-25)43-28-17-14-26(15-18-28)36-33(40)29(37-32(39)22-7-5-4-6-8-22)19-23-9-16-27(41-2)20-30(23)42-3/h4-21H,1-3H3,(H,35,38)(H,36,40)(H,37,39)/b29-19-. The van der Waals surface area contributed by atoms with E-state index in [1.165, 1.54) is 18.9 Å². The minimum absolute atomic E-state index is 0.0222. The molecule has 0 saturated carbocycles. The molecule has 0 spiro atoms. The van der Waals surface area contributed by atoms with Crippen LogP contribution in [-0.4, -0.2) is 37.2 Å². The van der Waals surface area contributed by atoms with Gasteiger partial charge in [0.1, 0.15) is 17.2 Å². The van der Waals surface area contributed by atoms with Gasteiger partial charge in [0.15, 0.2) is 0 Å². The number of thioether (sulfide) groups is 1. The highest BCUT2D eigenvalue weighted by atomic mass is 79.9. The van der Waals surface area contributed by atoms with Gasteiger partial charge < -0.3 is 25.4 Å². The Morgan fingerprint density at radius 3 is 2.12 bits per heavy atom. The molecule has 0 aliphatic carbocycles. The van der Waals surface area contributed by atoms with Crippen LogP contribution in [0.4, 0.5) is 11.4 Å². The summed E-state index contributed by atoms with van der Waals surface area (Å²) in [5.74, 6) is -0.0197. The van der Waals surface area contributed by atoms with E-state index in [4.69, 9.17) is 9.47 Å². The van der Waals surface area contributed by atoms with Crippen LogP contribution < -0.4 is 25.4 Å². The van der Waals surface area contributed by atoms with Crippen molar-refractivity contribution in [3.05, 3.63) is 118 Å². The summed E-state index contributed by atoms with van der Waals surface area (Å²) in [7, 11) is 3.06. The average molecular weight is 661 g/mol. The summed E-state index contributed by atoms with van der Waals surface area (Å²) in [6.45, 7) is 1.83. The number of methoxy groups -OCH3 is 2. The summed E-state index contributed by atoms with van der Waals surface area (Å²) in [5, 5.41) is 8.12. The molecular weight excluding hydrogens is 630 g/mol. The molecule has 3 amide bonds. The smallest absolute Gasteiger partial charge is 0.272 e. The molecule has 0 radical (unpaired) electrons. The first kappa shape index (κ1) is 31.4. The molecule has 0 heterocycles. The van der Waals surface area contributed by atoms with E-state index in [0.29, 0.717) is 34.0 Å². The molecule has 8 nitrogen and oxygen atoms in total. The van der Waals surface area contributed by atoms with Crippen LogP contribution >= 0.6 is 27.7 Å². The van der Waals surface area contributed by atoms with Crippen molar-refractivity contribution < 1.29 is 23.9 Å². The molecule has 43 heavy (non-hydrogen) atoms. The van der Waals surface area contributed by atoms with E-state index < -0.39 is 11.8 Å². The maximum atomic E-state index is 13.4. The maximum absolute atomic E-state index is 13.4. The third-order valence-electron chi connectivity index (χ3n) is 6.18. The summed E-state index contributed by atoms with van der Waals surface area (Å²) < 4.78 is 11.7. The molecule has 0 aliphatic rings. The Bertz CT molecular complexity index is 1610. The maximum Gasteiger partial charge on any atom is 0.272 e. The van der Waals surface area contributed by atoms with Gasteiger partial charge in [-0.15, -0.1) is 11.8 Å². The zero-order valence-corrected chi connectivity index (χ0v) is 26.1. The number of carbonyl (C=O) groups excluding carboxylic acids is 3. The quantitative estimate of drug-likeness (QED) is 0.118. The van der Waals surface area contributed by atoms with Crippen LogP contribution in [0, 0.1) is 0 Å². The molecule has 1 atom stereocenters. The Hall–Kier alpha value is -4.54. The number of halogens is 1. The zero-order valence-electron chi connectivity index (χ0n) is 23.7. The van der Waals surface area contributed by atoms with Gasteiger partial charge in [-0.1, -0.05) is 34.1 Å². The van der Waals surface area contributed by atoms with E-state index in [1.807, 2.05) is 43.3 Å². The second-order valence-electron chi connectivity index (χ2n) is 9.22. The Kier molecular flexibility index (Phi) is 11.0. The second kappa shape index (κ2) is 15.1.